The lowest BCUT2D eigenvalue weighted by Crippen LogP contribution is -2.40. The monoisotopic (exact) mass is 351 g/mol. The van der Waals surface area contributed by atoms with E-state index in [4.69, 9.17) is 0 Å². The fraction of sp³-hybridized carbons (Fsp3) is 0.529. The standard InChI is InChI=1S/C17H22FN3O2S/c1-10(20-24(23)17(2,3)4)12-8-11(18)9-13-15(12)19-14-6-5-7-21(14)16(13)22/h8-10,20H,5-7H2,1-4H3/t10-,24-/m1/s1. The summed E-state index contributed by atoms with van der Waals surface area (Å²) in [5, 5.41) is 0.283. The smallest absolute Gasteiger partial charge is 0.261 e. The van der Waals surface area contributed by atoms with Crippen molar-refractivity contribution in [2.24, 2.45) is 0 Å². The number of rotatable bonds is 3. The van der Waals surface area contributed by atoms with Gasteiger partial charge < -0.3 is 4.55 Å². The summed E-state index contributed by atoms with van der Waals surface area (Å²) < 4.78 is 30.6. The lowest BCUT2D eigenvalue weighted by molar-refractivity contribution is 0.530. The predicted octanol–water partition coefficient (Wildman–Crippen LogP) is 2.59. The number of fused-ring (bicyclic) bond motifs is 2. The maximum atomic E-state index is 14.1. The van der Waals surface area contributed by atoms with Gasteiger partial charge in [0.2, 0.25) is 0 Å². The molecule has 24 heavy (non-hydrogen) atoms. The molecule has 0 aliphatic carbocycles. The third-order valence-corrected chi connectivity index (χ3v) is 5.90. The molecule has 0 unspecified atom stereocenters. The number of benzene rings is 1. The fourth-order valence-corrected chi connectivity index (χ4v) is 3.71. The zero-order chi connectivity index (χ0) is 17.6. The molecule has 0 saturated carbocycles. The number of nitrogens with one attached hydrogen (secondary N) is 1. The van der Waals surface area contributed by atoms with Gasteiger partial charge in [-0.3, -0.25) is 9.36 Å². The molecule has 0 radical (unpaired) electrons. The number of hydrogen-bond acceptors (Lipinski definition) is 4. The van der Waals surface area contributed by atoms with Crippen molar-refractivity contribution < 1.29 is 8.94 Å². The van der Waals surface area contributed by atoms with E-state index in [-0.39, 0.29) is 17.0 Å². The highest BCUT2D eigenvalue weighted by Gasteiger charge is 2.29. The Kier molecular flexibility index (Phi) is 4.44. The average Bonchev–Trinajstić information content (AvgIpc) is 2.95. The average molecular weight is 351 g/mol. The first-order chi connectivity index (χ1) is 11.2. The van der Waals surface area contributed by atoms with Gasteiger partial charge in [-0.25, -0.2) is 9.37 Å². The van der Waals surface area contributed by atoms with Crippen LogP contribution >= 0.6 is 0 Å². The molecule has 2 aromatic rings. The van der Waals surface area contributed by atoms with Gasteiger partial charge in [0, 0.05) is 29.9 Å². The van der Waals surface area contributed by atoms with Crippen molar-refractivity contribution in [1.29, 1.82) is 0 Å². The minimum absolute atomic E-state index is 0.197. The molecule has 0 amide bonds. The Labute approximate surface area is 143 Å². The van der Waals surface area contributed by atoms with Crippen LogP contribution in [0.3, 0.4) is 0 Å². The van der Waals surface area contributed by atoms with Gasteiger partial charge in [-0.05, 0) is 46.2 Å². The molecule has 5 nitrogen and oxygen atoms in total. The predicted molar refractivity (Wildman–Crippen MR) is 93.7 cm³/mol. The van der Waals surface area contributed by atoms with Crippen LogP contribution in [0.15, 0.2) is 16.9 Å². The highest BCUT2D eigenvalue weighted by Crippen LogP contribution is 2.26. The van der Waals surface area contributed by atoms with Crippen LogP contribution in [0.1, 0.15) is 51.5 Å². The van der Waals surface area contributed by atoms with Gasteiger partial charge >= 0.3 is 0 Å². The molecule has 1 aromatic heterocycles. The van der Waals surface area contributed by atoms with Crippen molar-refractivity contribution in [3.63, 3.8) is 0 Å². The maximum Gasteiger partial charge on any atom is 0.261 e. The first-order valence-corrected chi connectivity index (χ1v) is 9.24. The molecule has 1 aromatic carbocycles. The Morgan fingerprint density at radius 1 is 1.42 bits per heavy atom. The summed E-state index contributed by atoms with van der Waals surface area (Å²) >= 11 is -1.31. The van der Waals surface area contributed by atoms with E-state index in [2.05, 4.69) is 9.71 Å². The number of nitrogens with zero attached hydrogens (tertiary/aromatic N) is 2. The molecule has 1 N–H and O–H groups in total. The Balaban J connectivity index is 2.11. The summed E-state index contributed by atoms with van der Waals surface area (Å²) in [7, 11) is 0. The molecule has 0 fully saturated rings. The van der Waals surface area contributed by atoms with Gasteiger partial charge in [0.15, 0.2) is 0 Å². The topological polar surface area (TPSA) is 70.0 Å². The number of aryl methyl sites for hydroxylation is 1. The summed E-state index contributed by atoms with van der Waals surface area (Å²) in [5.41, 5.74) is 0.868. The minimum Gasteiger partial charge on any atom is -0.598 e. The van der Waals surface area contributed by atoms with Gasteiger partial charge in [0.1, 0.15) is 16.4 Å². The molecular formula is C17H22FN3O2S. The van der Waals surface area contributed by atoms with Gasteiger partial charge in [-0.15, -0.1) is 4.72 Å². The Bertz CT molecular complexity index is 844. The van der Waals surface area contributed by atoms with Crippen LogP contribution < -0.4 is 10.3 Å². The van der Waals surface area contributed by atoms with Crippen LogP contribution in [0, 0.1) is 5.82 Å². The van der Waals surface area contributed by atoms with Crippen LogP contribution in [0.4, 0.5) is 4.39 Å². The van der Waals surface area contributed by atoms with E-state index in [1.807, 2.05) is 27.7 Å². The summed E-state index contributed by atoms with van der Waals surface area (Å²) in [6.07, 6.45) is 1.62. The van der Waals surface area contributed by atoms with Crippen LogP contribution in [0.5, 0.6) is 0 Å². The summed E-state index contributed by atoms with van der Waals surface area (Å²) in [5.74, 6) is 0.259. The van der Waals surface area contributed by atoms with Crippen molar-refractivity contribution in [3.8, 4) is 0 Å². The largest absolute Gasteiger partial charge is 0.598 e. The second kappa shape index (κ2) is 6.13. The van der Waals surface area contributed by atoms with Gasteiger partial charge in [-0.1, -0.05) is 0 Å². The van der Waals surface area contributed by atoms with Gasteiger partial charge in [-0.2, -0.15) is 0 Å². The molecular weight excluding hydrogens is 329 g/mol. The van der Waals surface area contributed by atoms with Crippen molar-refractivity contribution in [2.45, 2.75) is 57.9 Å². The zero-order valence-electron chi connectivity index (χ0n) is 14.4. The van der Waals surface area contributed by atoms with Crippen molar-refractivity contribution in [2.75, 3.05) is 0 Å². The second-order valence-corrected chi connectivity index (χ2v) is 9.20. The molecule has 2 heterocycles. The van der Waals surface area contributed by atoms with E-state index >= 15 is 0 Å². The van der Waals surface area contributed by atoms with E-state index < -0.39 is 21.9 Å². The fourth-order valence-electron chi connectivity index (χ4n) is 2.91. The normalized spacial score (nSPS) is 17.1. The van der Waals surface area contributed by atoms with Crippen molar-refractivity contribution >= 4 is 22.3 Å². The SMILES string of the molecule is C[C@@H](N[S@+]([O-])C(C)(C)C)c1cc(F)cc2c(=O)n3c(nc12)CCC3. The van der Waals surface area contributed by atoms with E-state index in [0.717, 1.165) is 18.7 Å². The second-order valence-electron chi connectivity index (χ2n) is 7.20. The van der Waals surface area contributed by atoms with Crippen molar-refractivity contribution in [3.05, 3.63) is 39.7 Å². The quantitative estimate of drug-likeness (QED) is 0.863. The minimum atomic E-state index is -1.31. The van der Waals surface area contributed by atoms with E-state index in [9.17, 15) is 13.7 Å². The van der Waals surface area contributed by atoms with E-state index in [1.54, 1.807) is 4.57 Å². The number of aromatic nitrogens is 2. The zero-order valence-corrected chi connectivity index (χ0v) is 15.2. The molecule has 130 valence electrons. The summed E-state index contributed by atoms with van der Waals surface area (Å²) in [6.45, 7) is 8.03. The highest BCUT2D eigenvalue weighted by molar-refractivity contribution is 7.90. The molecule has 7 heteroatoms. The molecule has 0 spiro atoms. The number of halogens is 1. The number of hydrogen-bond donors (Lipinski definition) is 1. The Morgan fingerprint density at radius 2 is 2.12 bits per heavy atom. The van der Waals surface area contributed by atoms with E-state index in [1.165, 1.54) is 12.1 Å². The third-order valence-electron chi connectivity index (χ3n) is 4.22. The summed E-state index contributed by atoms with van der Waals surface area (Å²) in [4.78, 5) is 17.2. The molecule has 1 aliphatic heterocycles. The van der Waals surface area contributed by atoms with Gasteiger partial charge in [0.25, 0.3) is 5.56 Å². The Hall–Kier alpha value is -1.44. The molecule has 1 aliphatic rings. The lowest BCUT2D eigenvalue weighted by atomic mass is 10.0. The van der Waals surface area contributed by atoms with Crippen molar-refractivity contribution in [1.82, 2.24) is 14.3 Å². The third kappa shape index (κ3) is 3.08. The Morgan fingerprint density at radius 3 is 2.79 bits per heavy atom. The van der Waals surface area contributed by atoms with E-state index in [0.29, 0.717) is 17.6 Å². The van der Waals surface area contributed by atoms with Crippen LogP contribution in [0.25, 0.3) is 10.9 Å². The molecule has 0 bridgehead atoms. The molecule has 3 rings (SSSR count). The molecule has 2 atom stereocenters. The maximum absolute atomic E-state index is 14.1. The first kappa shape index (κ1) is 17.4. The van der Waals surface area contributed by atoms with Crippen LogP contribution in [0.2, 0.25) is 0 Å². The lowest BCUT2D eigenvalue weighted by Gasteiger charge is -2.27. The summed E-state index contributed by atoms with van der Waals surface area (Å²) in [6, 6.07) is 2.23. The van der Waals surface area contributed by atoms with Crippen LogP contribution in [-0.2, 0) is 24.3 Å². The highest BCUT2D eigenvalue weighted by atomic mass is 32.2. The van der Waals surface area contributed by atoms with Crippen LogP contribution in [-0.4, -0.2) is 18.9 Å². The first-order valence-electron chi connectivity index (χ1n) is 8.09. The molecule has 0 saturated heterocycles. The van der Waals surface area contributed by atoms with Gasteiger partial charge in [0.05, 0.1) is 16.9 Å².